The van der Waals surface area contributed by atoms with E-state index in [4.69, 9.17) is 33.7 Å². The first-order valence-electron chi connectivity index (χ1n) is 7.72. The summed E-state index contributed by atoms with van der Waals surface area (Å²) < 4.78 is 13.9. The third-order valence-corrected chi connectivity index (χ3v) is 6.24. The number of aromatic amines is 1. The van der Waals surface area contributed by atoms with E-state index in [0.717, 1.165) is 0 Å². The zero-order valence-corrected chi connectivity index (χ0v) is 19.5. The number of nitrogens with two attached hydrogens (primary N) is 1. The molecule has 0 aliphatic heterocycles. The minimum atomic E-state index is -2.61. The van der Waals surface area contributed by atoms with Crippen molar-refractivity contribution in [2.45, 2.75) is 7.57 Å². The molecule has 1 aromatic carbocycles. The molecule has 160 valence electrons. The number of anilines is 2. The summed E-state index contributed by atoms with van der Waals surface area (Å²) in [6, 6.07) is 4.85. The largest absolute Gasteiger partial charge is 0.495 e. The molecule has 3 aromatic rings. The van der Waals surface area contributed by atoms with Crippen LogP contribution in [0.3, 0.4) is 0 Å². The number of alkyl halides is 3. The first-order valence-corrected chi connectivity index (χ1v) is 10.9. The van der Waals surface area contributed by atoms with Crippen molar-refractivity contribution in [2.24, 2.45) is 5.73 Å². The Balaban J connectivity index is 2.13. The van der Waals surface area contributed by atoms with E-state index in [0.29, 0.717) is 22.0 Å². The van der Waals surface area contributed by atoms with Gasteiger partial charge in [0.1, 0.15) is 15.6 Å². The number of hydrogen-bond acceptors (Lipinski definition) is 10. The number of fused-ring (bicyclic) bond motifs is 1. The Labute approximate surface area is 195 Å². The van der Waals surface area contributed by atoms with Gasteiger partial charge >= 0.3 is 0 Å². The lowest BCUT2D eigenvalue weighted by Crippen LogP contribution is -2.35. The Morgan fingerprint density at radius 1 is 1.47 bits per heavy atom. The summed E-state index contributed by atoms with van der Waals surface area (Å²) in [6.07, 6.45) is 1.35. The quantitative estimate of drug-likeness (QED) is 0.117. The maximum absolute atomic E-state index is 14.1. The zero-order valence-electron chi connectivity index (χ0n) is 14.7. The number of halogens is 4. The molecule has 0 spiro atoms. The van der Waals surface area contributed by atoms with E-state index in [1.165, 1.54) is 13.4 Å². The molecule has 16 heteroatoms. The third kappa shape index (κ3) is 5.36. The van der Waals surface area contributed by atoms with Crippen LogP contribution in [0.1, 0.15) is 5.82 Å². The van der Waals surface area contributed by atoms with Crippen molar-refractivity contribution in [1.29, 1.82) is 0 Å². The molecular weight excluding hydrogens is 548 g/mol. The number of aromatic nitrogens is 4. The Bertz CT molecular complexity index is 1100. The molecule has 2 heterocycles. The van der Waals surface area contributed by atoms with E-state index in [9.17, 15) is 14.5 Å². The molecule has 2 aromatic heterocycles. The van der Waals surface area contributed by atoms with Crippen molar-refractivity contribution in [3.05, 3.63) is 45.5 Å². The molecule has 2 atom stereocenters. The SMILES string of the molecule is COc1cc(Cl)ccc1Nc1nc(C(N)(S[N+](=O)[O-])SC(F)(Cl)Br)nc2nc[nH]c12. The van der Waals surface area contributed by atoms with Gasteiger partial charge in [-0.05, 0) is 39.8 Å². The zero-order chi connectivity index (χ0) is 22.1. The monoisotopic (exact) mass is 557 g/mol. The highest BCUT2D eigenvalue weighted by Gasteiger charge is 2.48. The topological polar surface area (TPSA) is 145 Å². The Morgan fingerprint density at radius 3 is 2.83 bits per heavy atom. The van der Waals surface area contributed by atoms with Gasteiger partial charge < -0.3 is 15.0 Å². The fraction of sp³-hybridized carbons (Fsp3) is 0.214. The van der Waals surface area contributed by atoms with Gasteiger partial charge in [-0.3, -0.25) is 15.8 Å². The van der Waals surface area contributed by atoms with Crippen molar-refractivity contribution < 1.29 is 13.5 Å². The Hall–Kier alpha value is -1.58. The molecule has 0 amide bonds. The van der Waals surface area contributed by atoms with Gasteiger partial charge in [0.2, 0.25) is 4.20 Å². The molecule has 30 heavy (non-hydrogen) atoms. The van der Waals surface area contributed by atoms with Gasteiger partial charge in [0.15, 0.2) is 17.3 Å². The summed E-state index contributed by atoms with van der Waals surface area (Å²) in [5.41, 5.74) is 7.11. The second-order valence-corrected chi connectivity index (χ2v) is 11.5. The highest BCUT2D eigenvalue weighted by molar-refractivity contribution is 9.12. The summed E-state index contributed by atoms with van der Waals surface area (Å²) in [7, 11) is 1.46. The molecule has 0 saturated carbocycles. The maximum Gasteiger partial charge on any atom is 0.287 e. The number of nitro groups is 1. The molecule has 10 nitrogen and oxygen atoms in total. The predicted molar refractivity (Wildman–Crippen MR) is 120 cm³/mol. The lowest BCUT2D eigenvalue weighted by atomic mass is 10.3. The summed E-state index contributed by atoms with van der Waals surface area (Å²) in [5, 5.41) is 14.6. The number of ether oxygens (including phenoxy) is 1. The minimum Gasteiger partial charge on any atom is -0.495 e. The van der Waals surface area contributed by atoms with Crippen LogP contribution in [-0.4, -0.2) is 34.7 Å². The average molecular weight is 559 g/mol. The fourth-order valence-electron chi connectivity index (χ4n) is 2.36. The van der Waals surface area contributed by atoms with Crippen LogP contribution < -0.4 is 15.8 Å². The summed E-state index contributed by atoms with van der Waals surface area (Å²) in [5.74, 6) is 0.292. The van der Waals surface area contributed by atoms with Gasteiger partial charge in [-0.15, -0.1) is 0 Å². The van der Waals surface area contributed by atoms with E-state index in [-0.39, 0.29) is 41.0 Å². The van der Waals surface area contributed by atoms with Crippen LogP contribution in [-0.2, 0) is 4.20 Å². The molecule has 0 fully saturated rings. The number of methoxy groups -OCH3 is 1. The molecule has 0 saturated heterocycles. The van der Waals surface area contributed by atoms with Gasteiger partial charge in [0.05, 0.1) is 19.1 Å². The van der Waals surface area contributed by atoms with Gasteiger partial charge in [-0.1, -0.05) is 23.2 Å². The Morgan fingerprint density at radius 2 is 2.20 bits per heavy atom. The second kappa shape index (κ2) is 8.88. The first-order chi connectivity index (χ1) is 14.0. The number of nitrogens with one attached hydrogen (secondary N) is 2. The number of H-pyrrole nitrogens is 1. The van der Waals surface area contributed by atoms with Gasteiger partial charge in [-0.25, -0.2) is 19.3 Å². The number of nitrogens with zero attached hydrogens (tertiary/aromatic N) is 4. The summed E-state index contributed by atoms with van der Waals surface area (Å²) in [4.78, 5) is 26.5. The molecule has 2 unspecified atom stereocenters. The van der Waals surface area contributed by atoms with E-state index >= 15 is 0 Å². The van der Waals surface area contributed by atoms with Crippen LogP contribution in [0.4, 0.5) is 15.9 Å². The number of rotatable bonds is 8. The minimum absolute atomic E-state index is 0.00677. The van der Waals surface area contributed by atoms with Gasteiger partial charge in [0.25, 0.3) is 15.3 Å². The van der Waals surface area contributed by atoms with E-state index in [1.807, 2.05) is 0 Å². The molecule has 0 aliphatic carbocycles. The predicted octanol–water partition coefficient (Wildman–Crippen LogP) is 4.70. The van der Waals surface area contributed by atoms with Crippen molar-refractivity contribution in [2.75, 3.05) is 12.4 Å². The third-order valence-electron chi connectivity index (χ3n) is 3.49. The number of thioether (sulfide) groups is 1. The molecule has 0 radical (unpaired) electrons. The van der Waals surface area contributed by atoms with Crippen molar-refractivity contribution in [1.82, 2.24) is 19.9 Å². The van der Waals surface area contributed by atoms with Gasteiger partial charge in [0, 0.05) is 11.1 Å². The average Bonchev–Trinajstić information content (AvgIpc) is 3.09. The Kier molecular flexibility index (Phi) is 6.84. The molecular formula is C14H11BrCl2FN7O3S2. The van der Waals surface area contributed by atoms with E-state index in [2.05, 4.69) is 41.2 Å². The molecule has 0 bridgehead atoms. The lowest BCUT2D eigenvalue weighted by Gasteiger charge is -2.24. The molecule has 0 aliphatic rings. The van der Waals surface area contributed by atoms with E-state index < -0.39 is 11.9 Å². The fourth-order valence-corrected chi connectivity index (χ4v) is 5.71. The summed E-state index contributed by atoms with van der Waals surface area (Å²) >= 11 is 14.3. The van der Waals surface area contributed by atoms with Crippen LogP contribution in [0.2, 0.25) is 5.02 Å². The lowest BCUT2D eigenvalue weighted by molar-refractivity contribution is -0.285. The maximum atomic E-state index is 14.1. The number of hydrogen-bond donors (Lipinski definition) is 3. The normalized spacial score (nSPS) is 15.4. The number of imidazole rings is 1. The van der Waals surface area contributed by atoms with Crippen LogP contribution in [0, 0.1) is 10.1 Å². The second-order valence-electron chi connectivity index (χ2n) is 5.50. The highest BCUT2D eigenvalue weighted by Crippen LogP contribution is 2.52. The van der Waals surface area contributed by atoms with Crippen LogP contribution in [0.5, 0.6) is 5.75 Å². The van der Waals surface area contributed by atoms with Crippen LogP contribution in [0.15, 0.2) is 24.5 Å². The van der Waals surface area contributed by atoms with Crippen LogP contribution >= 0.6 is 62.8 Å². The first kappa shape index (κ1) is 23.1. The van der Waals surface area contributed by atoms with Gasteiger partial charge in [-0.2, -0.15) is 0 Å². The molecule has 3 rings (SSSR count). The van der Waals surface area contributed by atoms with Crippen molar-refractivity contribution >= 4 is 85.5 Å². The highest BCUT2D eigenvalue weighted by atomic mass is 79.9. The smallest absolute Gasteiger partial charge is 0.287 e. The van der Waals surface area contributed by atoms with Crippen molar-refractivity contribution in [3.8, 4) is 5.75 Å². The van der Waals surface area contributed by atoms with E-state index in [1.54, 1.807) is 18.2 Å². The summed E-state index contributed by atoms with van der Waals surface area (Å²) in [6.45, 7) is 0. The standard InChI is InChI=1S/C14H11BrCl2FN7O3S2/c1-28-8-4-6(16)2-3-7(8)22-11-9-10(21-5-20-9)23-12(24-11)13(19,30-25(26)27)29-14(15,17)18/h2-5H,19H2,1H3,(H2,20,21,22,23,24). The molecule has 4 N–H and O–H groups in total. The van der Waals surface area contributed by atoms with Crippen molar-refractivity contribution in [3.63, 3.8) is 0 Å². The van der Waals surface area contributed by atoms with Crippen LogP contribution in [0.25, 0.3) is 11.2 Å². The number of benzene rings is 1.